The molecular formula is C33H57O6Sc. The van der Waals surface area contributed by atoms with E-state index in [9.17, 15) is 29.7 Å². The van der Waals surface area contributed by atoms with Gasteiger partial charge in [0.2, 0.25) is 0 Å². The predicted octanol–water partition coefficient (Wildman–Crippen LogP) is 5.67. The normalized spacial score (nSPS) is 14.1. The Morgan fingerprint density at radius 2 is 0.475 bits per heavy atom. The summed E-state index contributed by atoms with van der Waals surface area (Å²) in [6.07, 6.45) is 3.67. The minimum absolute atomic E-state index is 0. The second kappa shape index (κ2) is 16.2. The first-order valence-corrected chi connectivity index (χ1v) is 13.5. The maximum absolute atomic E-state index is 11.4. The summed E-state index contributed by atoms with van der Waals surface area (Å²) in [7, 11) is 0. The topological polar surface area (TPSA) is 120 Å². The number of carbonyl (C=O) groups excluding carboxylic acids is 3. The van der Waals surface area contributed by atoms with Crippen molar-refractivity contribution in [2.45, 2.75) is 125 Å². The van der Waals surface area contributed by atoms with Gasteiger partial charge in [0.25, 0.3) is 0 Å². The maximum atomic E-state index is 11.4. The third-order valence-corrected chi connectivity index (χ3v) is 5.22. The largest absolute Gasteiger partial charge is 3.00 e. The van der Waals surface area contributed by atoms with E-state index >= 15 is 0 Å². The van der Waals surface area contributed by atoms with E-state index in [0.29, 0.717) is 0 Å². The average molecular weight is 595 g/mol. The zero-order chi connectivity index (χ0) is 32.6. The first-order chi connectivity index (χ1) is 16.6. The molecule has 0 aliphatic carbocycles. The minimum Gasteiger partial charge on any atom is -0.875 e. The molecule has 0 heterocycles. The van der Waals surface area contributed by atoms with Crippen LogP contribution in [0.1, 0.15) is 125 Å². The molecule has 40 heavy (non-hydrogen) atoms. The molecule has 0 radical (unpaired) electrons. The van der Waals surface area contributed by atoms with Crippen molar-refractivity contribution >= 4 is 17.3 Å². The summed E-state index contributed by atoms with van der Waals surface area (Å²) in [6, 6.07) is 0. The predicted molar refractivity (Wildman–Crippen MR) is 156 cm³/mol. The van der Waals surface area contributed by atoms with Gasteiger partial charge in [0.05, 0.1) is 0 Å². The number of hydrogen-bond acceptors (Lipinski definition) is 6. The maximum Gasteiger partial charge on any atom is 3.00 e. The number of hydrogen-bond donors (Lipinski definition) is 0. The van der Waals surface area contributed by atoms with Gasteiger partial charge >= 0.3 is 25.8 Å². The minimum atomic E-state index is -0.457. The van der Waals surface area contributed by atoms with Gasteiger partial charge in [-0.1, -0.05) is 125 Å². The fourth-order valence-corrected chi connectivity index (χ4v) is 1.66. The van der Waals surface area contributed by atoms with Crippen LogP contribution in [0, 0.1) is 32.5 Å². The molecule has 0 rings (SSSR count). The summed E-state index contributed by atoms with van der Waals surface area (Å²) in [6.45, 7) is 32.5. The van der Waals surface area contributed by atoms with E-state index in [0.717, 1.165) is 0 Å². The Morgan fingerprint density at radius 1 is 0.350 bits per heavy atom. The van der Waals surface area contributed by atoms with Crippen molar-refractivity contribution in [1.82, 2.24) is 0 Å². The second-order valence-electron chi connectivity index (χ2n) is 16.1. The van der Waals surface area contributed by atoms with Crippen LogP contribution in [-0.2, 0) is 40.2 Å². The summed E-state index contributed by atoms with van der Waals surface area (Å²) < 4.78 is 0. The second-order valence-corrected chi connectivity index (χ2v) is 16.1. The molecule has 0 aromatic heterocycles. The van der Waals surface area contributed by atoms with Crippen molar-refractivity contribution in [3.8, 4) is 0 Å². The summed E-state index contributed by atoms with van der Waals surface area (Å²) in [5.41, 5.74) is -2.74. The van der Waals surface area contributed by atoms with E-state index in [4.69, 9.17) is 0 Å². The monoisotopic (exact) mass is 594 g/mol. The van der Waals surface area contributed by atoms with Crippen molar-refractivity contribution < 1.29 is 55.5 Å². The molecule has 0 saturated carbocycles. The van der Waals surface area contributed by atoms with Gasteiger partial charge < -0.3 is 15.3 Å². The molecule has 228 valence electrons. The summed E-state index contributed by atoms with van der Waals surface area (Å²) in [5.74, 6) is -0.625. The molecule has 0 aliphatic heterocycles. The van der Waals surface area contributed by atoms with E-state index in [2.05, 4.69) is 0 Å². The van der Waals surface area contributed by atoms with E-state index in [1.807, 2.05) is 125 Å². The fourth-order valence-electron chi connectivity index (χ4n) is 1.66. The van der Waals surface area contributed by atoms with E-state index < -0.39 is 32.5 Å². The Bertz CT molecular complexity index is 801. The first kappa shape index (κ1) is 45.5. The molecular weight excluding hydrogens is 537 g/mol. The molecule has 0 saturated heterocycles. The van der Waals surface area contributed by atoms with Crippen molar-refractivity contribution in [3.05, 3.63) is 35.5 Å². The van der Waals surface area contributed by atoms with Gasteiger partial charge in [-0.3, -0.25) is 14.4 Å². The molecule has 0 unspecified atom stereocenters. The van der Waals surface area contributed by atoms with Crippen LogP contribution < -0.4 is 15.3 Å². The molecule has 6 nitrogen and oxygen atoms in total. The zero-order valence-corrected chi connectivity index (χ0v) is 30.6. The standard InChI is InChI=1S/3C11H20O2.Sc/c3*1-10(2,3)8(12)7-9(13)11(4,5)6;/h3*7,12H,1-6H3;/q;;;+3/p-3/b3*8-7+;. The third kappa shape index (κ3) is 21.3. The molecule has 7 heteroatoms. The van der Waals surface area contributed by atoms with Crippen LogP contribution in [-0.4, -0.2) is 17.3 Å². The van der Waals surface area contributed by atoms with Gasteiger partial charge in [-0.15, -0.1) is 17.3 Å². The van der Waals surface area contributed by atoms with E-state index in [-0.39, 0.29) is 60.5 Å². The number of carbonyl (C=O) groups is 3. The molecule has 0 N–H and O–H groups in total. The molecule has 0 aliphatic rings. The van der Waals surface area contributed by atoms with Crippen LogP contribution >= 0.6 is 0 Å². The SMILES string of the molecule is CC(C)(C)C(=O)/C=C(/[O-])C(C)(C)C.CC(C)(C)C(=O)/C=C(/[O-])C(C)(C)C.CC(C)(C)C(=O)/C=C(/[O-])C(C)(C)C.[Sc+3]. The molecule has 0 spiro atoms. The fraction of sp³-hybridized carbons (Fsp3) is 0.727. The zero-order valence-electron chi connectivity index (χ0n) is 28.8. The summed E-state index contributed by atoms with van der Waals surface area (Å²) in [5, 5.41) is 34.3. The number of allylic oxidation sites excluding steroid dienone is 6. The molecule has 0 fully saturated rings. The Labute approximate surface area is 264 Å². The number of ketones is 3. The van der Waals surface area contributed by atoms with Crippen LogP contribution in [0.4, 0.5) is 0 Å². The molecule has 0 bridgehead atoms. The quantitative estimate of drug-likeness (QED) is 0.307. The first-order valence-electron chi connectivity index (χ1n) is 13.5. The Hall–Kier alpha value is -1.50. The van der Waals surface area contributed by atoms with Crippen molar-refractivity contribution in [2.24, 2.45) is 32.5 Å². The average Bonchev–Trinajstić information content (AvgIpc) is 2.64. The van der Waals surface area contributed by atoms with Gasteiger partial charge in [-0.2, -0.15) is 0 Å². The Morgan fingerprint density at radius 3 is 0.550 bits per heavy atom. The van der Waals surface area contributed by atoms with Gasteiger partial charge in [-0.05, 0) is 34.5 Å². The molecule has 0 atom stereocenters. The van der Waals surface area contributed by atoms with Gasteiger partial charge in [0, 0.05) is 16.2 Å². The van der Waals surface area contributed by atoms with Gasteiger partial charge in [-0.25, -0.2) is 0 Å². The number of rotatable bonds is 3. The van der Waals surface area contributed by atoms with Crippen molar-refractivity contribution in [3.63, 3.8) is 0 Å². The Kier molecular flexibility index (Phi) is 18.4. The molecule has 0 amide bonds. The van der Waals surface area contributed by atoms with Crippen molar-refractivity contribution in [1.29, 1.82) is 0 Å². The van der Waals surface area contributed by atoms with Crippen LogP contribution in [0.5, 0.6) is 0 Å². The van der Waals surface area contributed by atoms with Crippen LogP contribution in [0.3, 0.4) is 0 Å². The Balaban J connectivity index is -0.000000240. The van der Waals surface area contributed by atoms with E-state index in [1.165, 1.54) is 18.2 Å². The molecule has 0 aromatic rings. The molecule has 0 aromatic carbocycles. The summed E-state index contributed by atoms with van der Waals surface area (Å²) in [4.78, 5) is 34.3. The van der Waals surface area contributed by atoms with Crippen LogP contribution in [0.15, 0.2) is 35.5 Å². The third-order valence-electron chi connectivity index (χ3n) is 5.22. The van der Waals surface area contributed by atoms with E-state index in [1.54, 1.807) is 0 Å². The smallest absolute Gasteiger partial charge is 0.875 e. The van der Waals surface area contributed by atoms with Gasteiger partial charge in [0.15, 0.2) is 17.3 Å². The van der Waals surface area contributed by atoms with Crippen LogP contribution in [0.25, 0.3) is 0 Å². The van der Waals surface area contributed by atoms with Gasteiger partial charge in [0.1, 0.15) is 0 Å². The summed E-state index contributed by atoms with van der Waals surface area (Å²) >= 11 is 0. The van der Waals surface area contributed by atoms with Crippen LogP contribution in [0.2, 0.25) is 0 Å². The van der Waals surface area contributed by atoms with Crippen molar-refractivity contribution in [2.75, 3.05) is 0 Å².